The van der Waals surface area contributed by atoms with Gasteiger partial charge in [-0.25, -0.2) is 0 Å². The van der Waals surface area contributed by atoms with E-state index in [1.54, 1.807) is 53.4 Å². The number of carbonyl (C=O) groups excluding carboxylic acids is 4. The topological polar surface area (TPSA) is 131 Å². The molecule has 4 N–H and O–H groups in total. The fraction of sp³-hybridized carbons (Fsp3) is 0.154. The molecule has 9 nitrogen and oxygen atoms in total. The summed E-state index contributed by atoms with van der Waals surface area (Å²) in [5.74, 6) is -0.866. The van der Waals surface area contributed by atoms with Crippen molar-refractivity contribution in [1.29, 1.82) is 0 Å². The number of nitrogens with two attached hydrogens (primary N) is 1. The third-order valence-corrected chi connectivity index (χ3v) is 5.67. The fourth-order valence-corrected chi connectivity index (χ4v) is 3.76. The summed E-state index contributed by atoms with van der Waals surface area (Å²) in [4.78, 5) is 51.0. The van der Waals surface area contributed by atoms with E-state index in [9.17, 15) is 19.2 Å². The van der Waals surface area contributed by atoms with E-state index in [0.29, 0.717) is 35.5 Å². The van der Waals surface area contributed by atoms with E-state index in [1.807, 2.05) is 0 Å². The smallest absolute Gasteiger partial charge is 0.255 e. The monoisotopic (exact) mass is 472 g/mol. The predicted octanol–water partition coefficient (Wildman–Crippen LogP) is 3.43. The Hall–Kier alpha value is -4.66. The van der Waals surface area contributed by atoms with Crippen molar-refractivity contribution in [2.45, 2.75) is 12.8 Å². The molecule has 0 unspecified atom stereocenters. The van der Waals surface area contributed by atoms with Crippen LogP contribution in [0.3, 0.4) is 0 Å². The lowest BCUT2D eigenvalue weighted by Crippen LogP contribution is -2.23. The van der Waals surface area contributed by atoms with Crippen molar-refractivity contribution in [3.63, 3.8) is 0 Å². The number of amides is 4. The van der Waals surface area contributed by atoms with Crippen LogP contribution < -0.4 is 26.0 Å². The number of anilines is 3. The maximum absolute atomic E-state index is 12.9. The second kappa shape index (κ2) is 10.1. The van der Waals surface area contributed by atoms with Crippen LogP contribution in [0.4, 0.5) is 17.1 Å². The van der Waals surface area contributed by atoms with Crippen LogP contribution in [-0.4, -0.2) is 37.3 Å². The Morgan fingerprint density at radius 1 is 0.829 bits per heavy atom. The van der Waals surface area contributed by atoms with Crippen LogP contribution in [-0.2, 0) is 4.79 Å². The van der Waals surface area contributed by atoms with Gasteiger partial charge in [0.15, 0.2) is 0 Å². The van der Waals surface area contributed by atoms with Crippen molar-refractivity contribution in [3.05, 3.63) is 83.4 Å². The van der Waals surface area contributed by atoms with Crippen molar-refractivity contribution in [2.24, 2.45) is 5.73 Å². The summed E-state index contributed by atoms with van der Waals surface area (Å²) in [6, 6.07) is 17.6. The average molecular weight is 473 g/mol. The highest BCUT2D eigenvalue weighted by atomic mass is 16.5. The van der Waals surface area contributed by atoms with Crippen LogP contribution >= 0.6 is 0 Å². The van der Waals surface area contributed by atoms with Gasteiger partial charge in [0.05, 0.1) is 18.5 Å². The summed E-state index contributed by atoms with van der Waals surface area (Å²) in [7, 11) is 1.53. The van der Waals surface area contributed by atoms with Crippen LogP contribution in [0.25, 0.3) is 0 Å². The Kier molecular flexibility index (Phi) is 6.77. The van der Waals surface area contributed by atoms with Gasteiger partial charge >= 0.3 is 0 Å². The Morgan fingerprint density at radius 3 is 1.94 bits per heavy atom. The largest absolute Gasteiger partial charge is 0.497 e. The molecule has 0 aliphatic carbocycles. The predicted molar refractivity (Wildman–Crippen MR) is 132 cm³/mol. The number of methoxy groups -OCH3 is 1. The van der Waals surface area contributed by atoms with Gasteiger partial charge in [-0.3, -0.25) is 19.2 Å². The molecule has 1 saturated heterocycles. The fourth-order valence-electron chi connectivity index (χ4n) is 3.76. The number of primary amides is 1. The minimum Gasteiger partial charge on any atom is -0.497 e. The molecule has 1 aliphatic rings. The zero-order valence-electron chi connectivity index (χ0n) is 19.0. The number of carbonyl (C=O) groups is 4. The molecule has 1 heterocycles. The van der Waals surface area contributed by atoms with Crippen LogP contribution in [0, 0.1) is 0 Å². The first-order valence-corrected chi connectivity index (χ1v) is 11.0. The van der Waals surface area contributed by atoms with Crippen LogP contribution in [0.15, 0.2) is 66.7 Å². The Morgan fingerprint density at radius 2 is 1.40 bits per heavy atom. The number of hydrogen-bond donors (Lipinski definition) is 3. The maximum Gasteiger partial charge on any atom is 0.255 e. The molecule has 3 aromatic carbocycles. The third kappa shape index (κ3) is 5.30. The van der Waals surface area contributed by atoms with E-state index in [2.05, 4.69) is 10.6 Å². The van der Waals surface area contributed by atoms with E-state index in [-0.39, 0.29) is 17.2 Å². The molecule has 0 saturated carbocycles. The maximum atomic E-state index is 12.9. The van der Waals surface area contributed by atoms with Crippen molar-refractivity contribution >= 4 is 40.7 Å². The first-order valence-electron chi connectivity index (χ1n) is 11.0. The Balaban J connectivity index is 1.54. The van der Waals surface area contributed by atoms with Crippen LogP contribution in [0.1, 0.15) is 43.9 Å². The number of rotatable bonds is 7. The second-order valence-corrected chi connectivity index (χ2v) is 7.96. The van der Waals surface area contributed by atoms with E-state index in [0.717, 1.165) is 12.1 Å². The Labute approximate surface area is 201 Å². The summed E-state index contributed by atoms with van der Waals surface area (Å²) >= 11 is 0. The summed E-state index contributed by atoms with van der Waals surface area (Å²) in [6.45, 7) is 0.661. The van der Waals surface area contributed by atoms with E-state index in [1.165, 1.54) is 25.3 Å². The molecule has 4 amide bonds. The van der Waals surface area contributed by atoms with Gasteiger partial charge in [0.1, 0.15) is 5.75 Å². The van der Waals surface area contributed by atoms with E-state index in [4.69, 9.17) is 10.5 Å². The van der Waals surface area contributed by atoms with Crippen molar-refractivity contribution in [1.82, 2.24) is 0 Å². The molecule has 0 bridgehead atoms. The standard InChI is InChI=1S/C26H24N4O5/c1-35-20-11-6-17(7-12-20)26(34)29-22-15-18(24(27)32)8-13-21(22)28-25(33)16-4-9-19(10-5-16)30-14-2-3-23(30)31/h4-13,15H,2-3,14H2,1H3,(H2,27,32)(H,28,33)(H,29,34). The first kappa shape index (κ1) is 23.5. The van der Waals surface area contributed by atoms with Crippen molar-refractivity contribution < 1.29 is 23.9 Å². The molecule has 35 heavy (non-hydrogen) atoms. The zero-order valence-corrected chi connectivity index (χ0v) is 19.0. The zero-order chi connectivity index (χ0) is 24.9. The summed E-state index contributed by atoms with van der Waals surface area (Å²) < 4.78 is 5.11. The normalized spacial score (nSPS) is 12.8. The third-order valence-electron chi connectivity index (χ3n) is 5.67. The van der Waals surface area contributed by atoms with Gasteiger partial charge in [-0.1, -0.05) is 0 Å². The van der Waals surface area contributed by atoms with Crippen LogP contribution in [0.5, 0.6) is 5.75 Å². The quantitative estimate of drug-likeness (QED) is 0.485. The Bertz CT molecular complexity index is 1290. The minimum atomic E-state index is -0.671. The highest BCUT2D eigenvalue weighted by Gasteiger charge is 2.22. The number of benzene rings is 3. The number of nitrogens with one attached hydrogen (secondary N) is 2. The van der Waals surface area contributed by atoms with E-state index >= 15 is 0 Å². The van der Waals surface area contributed by atoms with Gasteiger partial charge in [0.25, 0.3) is 11.8 Å². The van der Waals surface area contributed by atoms with Crippen LogP contribution in [0.2, 0.25) is 0 Å². The van der Waals surface area contributed by atoms with Gasteiger partial charge in [-0.15, -0.1) is 0 Å². The molecular formula is C26H24N4O5. The first-order chi connectivity index (χ1) is 16.9. The molecule has 9 heteroatoms. The summed E-state index contributed by atoms with van der Waals surface area (Å²) in [5.41, 5.74) is 7.54. The number of nitrogens with zero attached hydrogens (tertiary/aromatic N) is 1. The van der Waals surface area contributed by atoms with Gasteiger partial charge < -0.3 is 26.0 Å². The SMILES string of the molecule is COc1ccc(C(=O)Nc2cc(C(N)=O)ccc2NC(=O)c2ccc(N3CCCC3=O)cc2)cc1. The molecule has 1 aliphatic heterocycles. The minimum absolute atomic E-state index is 0.0639. The summed E-state index contributed by atoms with van der Waals surface area (Å²) in [6.07, 6.45) is 1.34. The van der Waals surface area contributed by atoms with Gasteiger partial charge in [0, 0.05) is 35.3 Å². The molecule has 0 aromatic heterocycles. The molecule has 0 atom stereocenters. The average Bonchev–Trinajstić information content (AvgIpc) is 3.30. The van der Waals surface area contributed by atoms with Gasteiger partial charge in [-0.2, -0.15) is 0 Å². The molecule has 0 spiro atoms. The molecule has 1 fully saturated rings. The molecule has 4 rings (SSSR count). The number of ether oxygens (including phenoxy) is 1. The molecule has 3 aromatic rings. The van der Waals surface area contributed by atoms with E-state index < -0.39 is 17.7 Å². The second-order valence-electron chi connectivity index (χ2n) is 7.96. The lowest BCUT2D eigenvalue weighted by molar-refractivity contribution is -0.117. The lowest BCUT2D eigenvalue weighted by atomic mass is 10.1. The number of hydrogen-bond acceptors (Lipinski definition) is 5. The van der Waals surface area contributed by atoms with Gasteiger partial charge in [-0.05, 0) is 73.2 Å². The van der Waals surface area contributed by atoms with Crippen molar-refractivity contribution in [2.75, 3.05) is 29.2 Å². The summed E-state index contributed by atoms with van der Waals surface area (Å²) in [5, 5.41) is 5.48. The van der Waals surface area contributed by atoms with Crippen molar-refractivity contribution in [3.8, 4) is 5.75 Å². The molecular weight excluding hydrogens is 448 g/mol. The lowest BCUT2D eigenvalue weighted by Gasteiger charge is -2.16. The highest BCUT2D eigenvalue weighted by Crippen LogP contribution is 2.26. The highest BCUT2D eigenvalue weighted by molar-refractivity contribution is 6.11. The molecule has 178 valence electrons. The van der Waals surface area contributed by atoms with Gasteiger partial charge in [0.2, 0.25) is 11.8 Å². The molecule has 0 radical (unpaired) electrons.